The number of aromatic nitrogens is 1. The Balaban J connectivity index is 1.62. The van der Waals surface area contributed by atoms with Gasteiger partial charge in [-0.1, -0.05) is 24.6 Å². The molecule has 2 aliphatic rings. The van der Waals surface area contributed by atoms with Crippen LogP contribution < -0.4 is 5.56 Å². The highest BCUT2D eigenvalue weighted by molar-refractivity contribution is 6.30. The van der Waals surface area contributed by atoms with Crippen molar-refractivity contribution < 1.29 is 9.90 Å². The van der Waals surface area contributed by atoms with Crippen LogP contribution in [0.4, 0.5) is 0 Å². The number of benzene rings is 1. The molecule has 2 heterocycles. The summed E-state index contributed by atoms with van der Waals surface area (Å²) >= 11 is 6.19. The van der Waals surface area contributed by atoms with Crippen LogP contribution >= 0.6 is 11.6 Å². The van der Waals surface area contributed by atoms with E-state index in [1.54, 1.807) is 10.8 Å². The molecule has 4 rings (SSSR count). The highest BCUT2D eigenvalue weighted by Gasteiger charge is 2.29. The molecule has 1 atom stereocenters. The molecule has 2 aromatic rings. The van der Waals surface area contributed by atoms with Crippen LogP contribution in [0.25, 0.3) is 0 Å². The van der Waals surface area contributed by atoms with Crippen molar-refractivity contribution in [1.29, 1.82) is 0 Å². The van der Waals surface area contributed by atoms with Gasteiger partial charge in [-0.25, -0.2) is 0 Å². The van der Waals surface area contributed by atoms with E-state index in [0.29, 0.717) is 31.0 Å². The second kappa shape index (κ2) is 8.56. The molecule has 1 aromatic heterocycles. The first-order chi connectivity index (χ1) is 14.3. The Morgan fingerprint density at radius 3 is 2.63 bits per heavy atom. The number of pyridine rings is 1. The SMILES string of the molecule is Cc1ccn(C2CCC(O)CC2)c(=O)c1C(=O)N1CCc2ccc(Cl)cc2C(C)C1. The number of rotatable bonds is 2. The number of aryl methyl sites for hydroxylation is 1. The summed E-state index contributed by atoms with van der Waals surface area (Å²) < 4.78 is 1.71. The fraction of sp³-hybridized carbons (Fsp3) is 0.500. The van der Waals surface area contributed by atoms with Gasteiger partial charge in [-0.15, -0.1) is 0 Å². The van der Waals surface area contributed by atoms with Crippen molar-refractivity contribution in [3.63, 3.8) is 0 Å². The van der Waals surface area contributed by atoms with Gasteiger partial charge in [0.2, 0.25) is 0 Å². The van der Waals surface area contributed by atoms with Crippen molar-refractivity contribution in [3.8, 4) is 0 Å². The van der Waals surface area contributed by atoms with Crippen LogP contribution in [-0.2, 0) is 6.42 Å². The maximum Gasteiger partial charge on any atom is 0.263 e. The summed E-state index contributed by atoms with van der Waals surface area (Å²) in [5.74, 6) is -0.0373. The molecule has 1 aliphatic carbocycles. The van der Waals surface area contributed by atoms with Crippen LogP contribution in [0.1, 0.15) is 71.6 Å². The average molecular weight is 429 g/mol. The molecule has 6 heteroatoms. The number of aliphatic hydroxyl groups excluding tert-OH is 1. The van der Waals surface area contributed by atoms with Crippen LogP contribution in [0.5, 0.6) is 0 Å². The largest absolute Gasteiger partial charge is 0.393 e. The number of amides is 1. The quantitative estimate of drug-likeness (QED) is 0.783. The minimum atomic E-state index is -0.280. The van der Waals surface area contributed by atoms with E-state index >= 15 is 0 Å². The van der Waals surface area contributed by atoms with Gasteiger partial charge in [-0.2, -0.15) is 0 Å². The first-order valence-electron chi connectivity index (χ1n) is 10.8. The monoisotopic (exact) mass is 428 g/mol. The number of hydrogen-bond acceptors (Lipinski definition) is 3. The molecule has 0 radical (unpaired) electrons. The second-order valence-electron chi connectivity index (χ2n) is 8.79. The topological polar surface area (TPSA) is 62.5 Å². The van der Waals surface area contributed by atoms with E-state index in [-0.39, 0.29) is 35.1 Å². The lowest BCUT2D eigenvalue weighted by Crippen LogP contribution is -2.40. The summed E-state index contributed by atoms with van der Waals surface area (Å²) in [5.41, 5.74) is 3.18. The van der Waals surface area contributed by atoms with Crippen LogP contribution in [0, 0.1) is 6.92 Å². The summed E-state index contributed by atoms with van der Waals surface area (Å²) in [6, 6.07) is 7.84. The molecule has 160 valence electrons. The lowest BCUT2D eigenvalue weighted by atomic mass is 9.92. The minimum Gasteiger partial charge on any atom is -0.393 e. The van der Waals surface area contributed by atoms with Gasteiger partial charge in [0.15, 0.2) is 0 Å². The highest BCUT2D eigenvalue weighted by Crippen LogP contribution is 2.30. The third-order valence-electron chi connectivity index (χ3n) is 6.67. The Bertz CT molecular complexity index is 1010. The number of fused-ring (bicyclic) bond motifs is 1. The number of halogens is 1. The standard InChI is InChI=1S/C24H29ClN2O3/c1-15-9-12-27(19-5-7-20(28)8-6-19)24(30)22(15)23(29)26-11-10-17-3-4-18(25)13-21(17)16(2)14-26/h3-4,9,12-13,16,19-20,28H,5-8,10-11,14H2,1-2H3. The molecule has 5 nitrogen and oxygen atoms in total. The maximum absolute atomic E-state index is 13.5. The van der Waals surface area contributed by atoms with Gasteiger partial charge in [0.25, 0.3) is 11.5 Å². The van der Waals surface area contributed by atoms with E-state index in [1.165, 1.54) is 11.1 Å². The third-order valence-corrected chi connectivity index (χ3v) is 6.91. The first kappa shape index (κ1) is 21.1. The van der Waals surface area contributed by atoms with Crippen molar-refractivity contribution in [2.24, 2.45) is 0 Å². The maximum atomic E-state index is 13.5. The predicted octanol–water partition coefficient (Wildman–Crippen LogP) is 4.09. The number of carbonyl (C=O) groups is 1. The van der Waals surface area contributed by atoms with Gasteiger partial charge in [-0.3, -0.25) is 9.59 Å². The zero-order chi connectivity index (χ0) is 21.4. The Kier molecular flexibility index (Phi) is 6.03. The van der Waals surface area contributed by atoms with E-state index in [9.17, 15) is 14.7 Å². The van der Waals surface area contributed by atoms with Crippen molar-refractivity contribution in [1.82, 2.24) is 9.47 Å². The molecule has 1 N–H and O–H groups in total. The third kappa shape index (κ3) is 4.06. The van der Waals surface area contributed by atoms with Crippen LogP contribution in [-0.4, -0.2) is 39.7 Å². The predicted molar refractivity (Wildman–Crippen MR) is 118 cm³/mol. The van der Waals surface area contributed by atoms with E-state index in [4.69, 9.17) is 11.6 Å². The summed E-state index contributed by atoms with van der Waals surface area (Å²) in [7, 11) is 0. The molecule has 1 amide bonds. The molecule has 1 unspecified atom stereocenters. The molecule has 1 aliphatic heterocycles. The number of aliphatic hydroxyl groups is 1. The van der Waals surface area contributed by atoms with Gasteiger partial charge in [0.1, 0.15) is 5.56 Å². The van der Waals surface area contributed by atoms with Crippen molar-refractivity contribution in [2.75, 3.05) is 13.1 Å². The van der Waals surface area contributed by atoms with Gasteiger partial charge in [-0.05, 0) is 79.8 Å². The van der Waals surface area contributed by atoms with E-state index < -0.39 is 0 Å². The lowest BCUT2D eigenvalue weighted by Gasteiger charge is -2.28. The summed E-state index contributed by atoms with van der Waals surface area (Å²) in [4.78, 5) is 28.6. The molecule has 0 spiro atoms. The van der Waals surface area contributed by atoms with Gasteiger partial charge >= 0.3 is 0 Å². The Labute approximate surface area is 182 Å². The van der Waals surface area contributed by atoms with Gasteiger partial charge < -0.3 is 14.6 Å². The normalized spacial score (nSPS) is 24.3. The second-order valence-corrected chi connectivity index (χ2v) is 9.23. The first-order valence-corrected chi connectivity index (χ1v) is 11.2. The molecular formula is C24H29ClN2O3. The fourth-order valence-electron chi connectivity index (χ4n) is 4.90. The minimum absolute atomic E-state index is 0.0440. The highest BCUT2D eigenvalue weighted by atomic mass is 35.5. The van der Waals surface area contributed by atoms with E-state index in [0.717, 1.165) is 24.8 Å². The molecule has 1 aromatic carbocycles. The Hall–Kier alpha value is -2.11. The van der Waals surface area contributed by atoms with Crippen LogP contribution in [0.15, 0.2) is 35.3 Å². The van der Waals surface area contributed by atoms with E-state index in [1.807, 2.05) is 36.1 Å². The van der Waals surface area contributed by atoms with E-state index in [2.05, 4.69) is 6.92 Å². The molecule has 0 bridgehead atoms. The molecule has 1 fully saturated rings. The molecule has 30 heavy (non-hydrogen) atoms. The van der Waals surface area contributed by atoms with Crippen molar-refractivity contribution in [2.45, 2.75) is 64.0 Å². The number of hydrogen-bond donors (Lipinski definition) is 1. The summed E-state index contributed by atoms with van der Waals surface area (Å²) in [6.45, 7) is 5.08. The van der Waals surface area contributed by atoms with Crippen molar-refractivity contribution in [3.05, 3.63) is 68.1 Å². The smallest absolute Gasteiger partial charge is 0.263 e. The van der Waals surface area contributed by atoms with Gasteiger partial charge in [0.05, 0.1) is 6.10 Å². The van der Waals surface area contributed by atoms with Gasteiger partial charge in [0, 0.05) is 30.4 Å². The zero-order valence-electron chi connectivity index (χ0n) is 17.6. The molecule has 1 saturated carbocycles. The summed E-state index contributed by atoms with van der Waals surface area (Å²) in [6.07, 6.45) is 5.18. The van der Waals surface area contributed by atoms with Crippen molar-refractivity contribution >= 4 is 17.5 Å². The number of nitrogens with zero attached hydrogens (tertiary/aromatic N) is 2. The number of carbonyl (C=O) groups excluding carboxylic acids is 1. The Morgan fingerprint density at radius 1 is 1.17 bits per heavy atom. The van der Waals surface area contributed by atoms with Crippen LogP contribution in [0.2, 0.25) is 5.02 Å². The summed E-state index contributed by atoms with van der Waals surface area (Å²) in [5, 5.41) is 10.5. The zero-order valence-corrected chi connectivity index (χ0v) is 18.4. The van der Waals surface area contributed by atoms with Crippen LogP contribution in [0.3, 0.4) is 0 Å². The molecule has 0 saturated heterocycles. The average Bonchev–Trinajstić information content (AvgIpc) is 2.88. The lowest BCUT2D eigenvalue weighted by molar-refractivity contribution is 0.0748. The fourth-order valence-corrected chi connectivity index (χ4v) is 5.08. The molecular weight excluding hydrogens is 400 g/mol. The Morgan fingerprint density at radius 2 is 1.90 bits per heavy atom.